The molecule has 0 radical (unpaired) electrons. The van der Waals surface area contributed by atoms with Gasteiger partial charge in [0.1, 0.15) is 0 Å². The van der Waals surface area contributed by atoms with Gasteiger partial charge in [0, 0.05) is 0 Å². The van der Waals surface area contributed by atoms with E-state index in [-0.39, 0.29) is 12.4 Å². The van der Waals surface area contributed by atoms with Gasteiger partial charge in [-0.05, 0) is 0 Å². The molecule has 0 saturated carbocycles. The maximum atomic E-state index is 11.9. The molecule has 1 fully saturated rings. The summed E-state index contributed by atoms with van der Waals surface area (Å²) in [5.74, 6) is -7.71. The normalized spacial score (nSPS) is 27.6. The van der Waals surface area contributed by atoms with Crippen molar-refractivity contribution >= 4 is 12.4 Å². The second-order valence-electron chi connectivity index (χ2n) is 2.01. The van der Waals surface area contributed by atoms with Gasteiger partial charge in [-0.1, -0.05) is 0 Å². The van der Waals surface area contributed by atoms with E-state index in [9.17, 15) is 17.6 Å². The van der Waals surface area contributed by atoms with E-state index in [1.54, 1.807) is 0 Å². The number of halogens is 5. The summed E-state index contributed by atoms with van der Waals surface area (Å²) >= 11 is 0. The Morgan fingerprint density at radius 1 is 0.900 bits per heavy atom. The Morgan fingerprint density at radius 2 is 1.20 bits per heavy atom. The smallest absolute Gasteiger partial charge is 0.305 e. The van der Waals surface area contributed by atoms with Crippen molar-refractivity contribution in [3.63, 3.8) is 0 Å². The zero-order chi connectivity index (χ0) is 7.12. The average molecular weight is 180 g/mol. The molecule has 0 bridgehead atoms. The predicted octanol–water partition coefficient (Wildman–Crippen LogP) is 1.28. The molecule has 0 aliphatic carbocycles. The number of alkyl halides is 4. The molecule has 1 saturated heterocycles. The van der Waals surface area contributed by atoms with Crippen molar-refractivity contribution < 1.29 is 17.6 Å². The van der Waals surface area contributed by atoms with Gasteiger partial charge in [-0.25, -0.2) is 0 Å². The SMILES string of the molecule is Cl.FC1(F)CNCC1(F)F. The molecule has 1 aliphatic heterocycles. The Morgan fingerprint density at radius 3 is 1.30 bits per heavy atom. The van der Waals surface area contributed by atoms with Crippen molar-refractivity contribution in [3.8, 4) is 0 Å². The van der Waals surface area contributed by atoms with Gasteiger partial charge in [0.25, 0.3) is 0 Å². The van der Waals surface area contributed by atoms with Gasteiger partial charge in [-0.2, -0.15) is 17.6 Å². The van der Waals surface area contributed by atoms with Crippen molar-refractivity contribution in [1.29, 1.82) is 0 Å². The highest BCUT2D eigenvalue weighted by atomic mass is 35.5. The Labute approximate surface area is 61.2 Å². The number of hydrogen-bond acceptors (Lipinski definition) is 1. The van der Waals surface area contributed by atoms with Crippen LogP contribution in [0.25, 0.3) is 0 Å². The second-order valence-corrected chi connectivity index (χ2v) is 2.01. The lowest BCUT2D eigenvalue weighted by molar-refractivity contribution is -0.172. The van der Waals surface area contributed by atoms with Crippen LogP contribution in [0.2, 0.25) is 0 Å². The fourth-order valence-electron chi connectivity index (χ4n) is 0.635. The minimum atomic E-state index is -3.85. The predicted molar refractivity (Wildman–Crippen MR) is 30.0 cm³/mol. The maximum Gasteiger partial charge on any atom is 0.323 e. The van der Waals surface area contributed by atoms with E-state index in [0.29, 0.717) is 0 Å². The van der Waals surface area contributed by atoms with Crippen LogP contribution in [0.15, 0.2) is 0 Å². The molecule has 0 spiro atoms. The van der Waals surface area contributed by atoms with E-state index in [2.05, 4.69) is 0 Å². The second kappa shape index (κ2) is 2.54. The molecular weight excluding hydrogens is 173 g/mol. The van der Waals surface area contributed by atoms with E-state index in [1.165, 1.54) is 0 Å². The summed E-state index contributed by atoms with van der Waals surface area (Å²) < 4.78 is 47.6. The lowest BCUT2D eigenvalue weighted by Gasteiger charge is -2.15. The van der Waals surface area contributed by atoms with Gasteiger partial charge in [-0.15, -0.1) is 12.4 Å². The Hall–Kier alpha value is -0.0300. The first kappa shape index (κ1) is 9.97. The van der Waals surface area contributed by atoms with Crippen LogP contribution in [0.1, 0.15) is 0 Å². The number of nitrogens with one attached hydrogen (secondary N) is 1. The van der Waals surface area contributed by atoms with E-state index < -0.39 is 24.9 Å². The van der Waals surface area contributed by atoms with Gasteiger partial charge in [0.15, 0.2) is 0 Å². The molecule has 6 heteroatoms. The molecule has 10 heavy (non-hydrogen) atoms. The minimum absolute atomic E-state index is 0. The fourth-order valence-corrected chi connectivity index (χ4v) is 0.635. The molecule has 1 rings (SSSR count). The van der Waals surface area contributed by atoms with Crippen LogP contribution in [0.4, 0.5) is 17.6 Å². The zero-order valence-corrected chi connectivity index (χ0v) is 5.65. The summed E-state index contributed by atoms with van der Waals surface area (Å²) in [6.45, 7) is -1.83. The van der Waals surface area contributed by atoms with E-state index in [4.69, 9.17) is 0 Å². The molecule has 1 N–H and O–H groups in total. The van der Waals surface area contributed by atoms with Crippen LogP contribution in [-0.4, -0.2) is 24.9 Å². The molecule has 1 nitrogen and oxygen atoms in total. The molecule has 0 aromatic carbocycles. The van der Waals surface area contributed by atoms with Crippen molar-refractivity contribution in [2.24, 2.45) is 0 Å². The maximum absolute atomic E-state index is 11.9. The summed E-state index contributed by atoms with van der Waals surface area (Å²) in [5.41, 5.74) is 0. The standard InChI is InChI=1S/C4H5F4N.ClH/c5-3(6)1-9-2-4(3,7)8;/h9H,1-2H2;1H. The Bertz CT molecular complexity index is 112. The lowest BCUT2D eigenvalue weighted by Crippen LogP contribution is -2.38. The van der Waals surface area contributed by atoms with Crippen molar-refractivity contribution in [2.45, 2.75) is 11.8 Å². The summed E-state index contributed by atoms with van der Waals surface area (Å²) in [4.78, 5) is 0. The van der Waals surface area contributed by atoms with Crippen LogP contribution in [0, 0.1) is 0 Å². The van der Waals surface area contributed by atoms with E-state index in [0.717, 1.165) is 0 Å². The topological polar surface area (TPSA) is 12.0 Å². The molecule has 1 aliphatic rings. The molecule has 0 aromatic heterocycles. The van der Waals surface area contributed by atoms with Crippen molar-refractivity contribution in [2.75, 3.05) is 13.1 Å². The summed E-state index contributed by atoms with van der Waals surface area (Å²) in [7, 11) is 0. The molecule has 1 heterocycles. The summed E-state index contributed by atoms with van der Waals surface area (Å²) in [5, 5.41) is 1.90. The third-order valence-electron chi connectivity index (χ3n) is 1.23. The highest BCUT2D eigenvalue weighted by Gasteiger charge is 2.59. The summed E-state index contributed by atoms with van der Waals surface area (Å²) in [6.07, 6.45) is 0. The lowest BCUT2D eigenvalue weighted by atomic mass is 10.2. The third kappa shape index (κ3) is 1.34. The van der Waals surface area contributed by atoms with Crippen LogP contribution in [0.3, 0.4) is 0 Å². The minimum Gasteiger partial charge on any atom is -0.305 e. The van der Waals surface area contributed by atoms with Crippen molar-refractivity contribution in [1.82, 2.24) is 5.32 Å². The Kier molecular flexibility index (Phi) is 2.53. The molecule has 0 atom stereocenters. The molecule has 0 unspecified atom stereocenters. The van der Waals surface area contributed by atoms with Gasteiger partial charge in [-0.3, -0.25) is 0 Å². The van der Waals surface area contributed by atoms with Crippen LogP contribution >= 0.6 is 12.4 Å². The monoisotopic (exact) mass is 179 g/mol. The number of rotatable bonds is 0. The molecule has 62 valence electrons. The van der Waals surface area contributed by atoms with E-state index >= 15 is 0 Å². The first-order chi connectivity index (χ1) is 3.96. The van der Waals surface area contributed by atoms with Gasteiger partial charge in [0.05, 0.1) is 13.1 Å². The van der Waals surface area contributed by atoms with E-state index in [1.807, 2.05) is 5.32 Å². The van der Waals surface area contributed by atoms with Crippen molar-refractivity contribution in [3.05, 3.63) is 0 Å². The van der Waals surface area contributed by atoms with Gasteiger partial charge < -0.3 is 5.32 Å². The fraction of sp³-hybridized carbons (Fsp3) is 1.00. The third-order valence-corrected chi connectivity index (χ3v) is 1.23. The Balaban J connectivity index is 0.000000810. The highest BCUT2D eigenvalue weighted by molar-refractivity contribution is 5.85. The largest absolute Gasteiger partial charge is 0.323 e. The highest BCUT2D eigenvalue weighted by Crippen LogP contribution is 2.36. The summed E-state index contributed by atoms with van der Waals surface area (Å²) in [6, 6.07) is 0. The van der Waals surface area contributed by atoms with Crippen LogP contribution in [-0.2, 0) is 0 Å². The zero-order valence-electron chi connectivity index (χ0n) is 4.83. The number of hydrogen-bond donors (Lipinski definition) is 1. The van der Waals surface area contributed by atoms with Crippen LogP contribution < -0.4 is 5.32 Å². The first-order valence-corrected chi connectivity index (χ1v) is 2.42. The average Bonchev–Trinajstić information content (AvgIpc) is 1.81. The molecule has 0 amide bonds. The van der Waals surface area contributed by atoms with Gasteiger partial charge >= 0.3 is 11.8 Å². The van der Waals surface area contributed by atoms with Gasteiger partial charge in [0.2, 0.25) is 0 Å². The quantitative estimate of drug-likeness (QED) is 0.553. The molecule has 0 aromatic rings. The van der Waals surface area contributed by atoms with Crippen LogP contribution in [0.5, 0.6) is 0 Å². The molecular formula is C4H6ClF4N. The first-order valence-electron chi connectivity index (χ1n) is 2.42.